The van der Waals surface area contributed by atoms with Crippen LogP contribution in [-0.2, 0) is 36.5 Å². The van der Waals surface area contributed by atoms with E-state index in [1.165, 1.54) is 12.1 Å². The van der Waals surface area contributed by atoms with Gasteiger partial charge in [0.15, 0.2) is 0 Å². The molecule has 1 unspecified atom stereocenters. The van der Waals surface area contributed by atoms with E-state index in [1.807, 2.05) is 37.3 Å². The van der Waals surface area contributed by atoms with Crippen molar-refractivity contribution in [3.8, 4) is 0 Å². The summed E-state index contributed by atoms with van der Waals surface area (Å²) in [5.41, 5.74) is 0.597. The third kappa shape index (κ3) is 4.48. The predicted molar refractivity (Wildman–Crippen MR) is 133 cm³/mol. The highest BCUT2D eigenvalue weighted by Crippen LogP contribution is 2.44. The van der Waals surface area contributed by atoms with Crippen LogP contribution in [0, 0.1) is 5.92 Å². The molecule has 1 saturated carbocycles. The van der Waals surface area contributed by atoms with E-state index in [-0.39, 0.29) is 11.9 Å². The van der Waals surface area contributed by atoms with Crippen molar-refractivity contribution in [3.05, 3.63) is 71.3 Å². The van der Waals surface area contributed by atoms with Crippen LogP contribution < -0.4 is 4.72 Å². The van der Waals surface area contributed by atoms with E-state index in [2.05, 4.69) is 4.72 Å². The Balaban J connectivity index is 1.37. The number of hydrogen-bond acceptors (Lipinski definition) is 6. The molecule has 1 heterocycles. The van der Waals surface area contributed by atoms with E-state index in [9.17, 15) is 22.8 Å². The SMILES string of the molecule is C[C@@H](C1CC1)N(Cc1ccccc1)C(=O)CN1C(=O)OC2(C=Cc3cc(NS(C)(=O)=O)ccc32)C1=O. The van der Waals surface area contributed by atoms with Crippen molar-refractivity contribution >= 4 is 39.7 Å². The average molecular weight is 510 g/mol. The molecular weight excluding hydrogens is 482 g/mol. The summed E-state index contributed by atoms with van der Waals surface area (Å²) in [5, 5.41) is 0. The summed E-state index contributed by atoms with van der Waals surface area (Å²) in [6.45, 7) is 1.97. The first-order chi connectivity index (χ1) is 17.1. The summed E-state index contributed by atoms with van der Waals surface area (Å²) in [6.07, 6.45) is 5.33. The Hall–Kier alpha value is -3.66. The van der Waals surface area contributed by atoms with Crippen LogP contribution in [0.1, 0.15) is 36.5 Å². The second-order valence-electron chi connectivity index (χ2n) is 9.59. The smallest absolute Gasteiger partial charge is 0.418 e. The minimum absolute atomic E-state index is 0.0201. The molecule has 0 bridgehead atoms. The van der Waals surface area contributed by atoms with Crippen LogP contribution in [0.5, 0.6) is 0 Å². The lowest BCUT2D eigenvalue weighted by atomic mass is 9.94. The Bertz CT molecular complexity index is 1370. The fourth-order valence-corrected chi connectivity index (χ4v) is 5.40. The van der Waals surface area contributed by atoms with Crippen LogP contribution in [0.4, 0.5) is 10.5 Å². The zero-order valence-corrected chi connectivity index (χ0v) is 20.8. The van der Waals surface area contributed by atoms with E-state index < -0.39 is 34.2 Å². The Morgan fingerprint density at radius 2 is 1.92 bits per heavy atom. The number of amides is 3. The van der Waals surface area contributed by atoms with Crippen LogP contribution in [-0.4, -0.2) is 55.0 Å². The molecule has 188 valence electrons. The molecule has 3 aliphatic rings. The summed E-state index contributed by atoms with van der Waals surface area (Å²) in [4.78, 5) is 42.4. The van der Waals surface area contributed by atoms with Crippen molar-refractivity contribution in [2.75, 3.05) is 17.5 Å². The molecule has 2 atom stereocenters. The number of benzene rings is 2. The average Bonchev–Trinajstić information content (AvgIpc) is 3.58. The lowest BCUT2D eigenvalue weighted by Gasteiger charge is -2.30. The minimum atomic E-state index is -3.48. The van der Waals surface area contributed by atoms with Gasteiger partial charge in [0.1, 0.15) is 6.54 Å². The molecule has 2 aromatic carbocycles. The lowest BCUT2D eigenvalue weighted by Crippen LogP contribution is -2.47. The first-order valence-corrected chi connectivity index (χ1v) is 13.7. The number of imide groups is 1. The van der Waals surface area contributed by atoms with Crippen LogP contribution in [0.2, 0.25) is 0 Å². The molecule has 1 spiro atoms. The maximum atomic E-state index is 13.5. The third-order valence-electron chi connectivity index (χ3n) is 6.89. The van der Waals surface area contributed by atoms with Gasteiger partial charge in [-0.25, -0.2) is 18.1 Å². The molecule has 9 nitrogen and oxygen atoms in total. The van der Waals surface area contributed by atoms with Crippen molar-refractivity contribution in [3.63, 3.8) is 0 Å². The fraction of sp³-hybridized carbons (Fsp3) is 0.346. The van der Waals surface area contributed by atoms with E-state index in [0.29, 0.717) is 29.3 Å². The molecule has 0 aromatic heterocycles. The number of anilines is 1. The number of carbonyl (C=O) groups is 3. The summed E-state index contributed by atoms with van der Waals surface area (Å²) in [7, 11) is -3.48. The third-order valence-corrected chi connectivity index (χ3v) is 7.50. The molecule has 5 rings (SSSR count). The molecule has 2 aliphatic carbocycles. The van der Waals surface area contributed by atoms with Crippen LogP contribution in [0.3, 0.4) is 0 Å². The van der Waals surface area contributed by atoms with Crippen molar-refractivity contribution in [2.45, 2.75) is 38.0 Å². The van der Waals surface area contributed by atoms with Crippen LogP contribution >= 0.6 is 0 Å². The quantitative estimate of drug-likeness (QED) is 0.585. The van der Waals surface area contributed by atoms with Gasteiger partial charge in [-0.05, 0) is 55.0 Å². The van der Waals surface area contributed by atoms with E-state index in [0.717, 1.165) is 29.6 Å². The van der Waals surface area contributed by atoms with E-state index in [1.54, 1.807) is 23.1 Å². The number of ether oxygens (including phenoxy) is 1. The number of nitrogens with zero attached hydrogens (tertiary/aromatic N) is 2. The zero-order valence-electron chi connectivity index (χ0n) is 20.0. The van der Waals surface area contributed by atoms with E-state index in [4.69, 9.17) is 4.74 Å². The molecule has 1 aliphatic heterocycles. The van der Waals surface area contributed by atoms with Gasteiger partial charge in [-0.15, -0.1) is 0 Å². The van der Waals surface area contributed by atoms with Crippen molar-refractivity contribution in [1.29, 1.82) is 0 Å². The van der Waals surface area contributed by atoms with E-state index >= 15 is 0 Å². The fourth-order valence-electron chi connectivity index (χ4n) is 4.84. The normalized spacial score (nSPS) is 21.4. The molecule has 36 heavy (non-hydrogen) atoms. The maximum absolute atomic E-state index is 13.5. The Kier molecular flexibility index (Phi) is 5.86. The largest absolute Gasteiger partial charge is 0.423 e. The predicted octanol–water partition coefficient (Wildman–Crippen LogP) is 3.09. The summed E-state index contributed by atoms with van der Waals surface area (Å²) < 4.78 is 31.1. The summed E-state index contributed by atoms with van der Waals surface area (Å²) in [6, 6.07) is 14.2. The summed E-state index contributed by atoms with van der Waals surface area (Å²) in [5.74, 6) is -0.557. The maximum Gasteiger partial charge on any atom is 0.418 e. The number of carbonyl (C=O) groups excluding carboxylic acids is 3. The lowest BCUT2D eigenvalue weighted by molar-refractivity contribution is -0.141. The molecule has 3 amide bonds. The molecule has 10 heteroatoms. The summed E-state index contributed by atoms with van der Waals surface area (Å²) >= 11 is 0. The second-order valence-corrected chi connectivity index (χ2v) is 11.3. The van der Waals surface area contributed by atoms with Gasteiger partial charge in [-0.2, -0.15) is 0 Å². The van der Waals surface area contributed by atoms with Crippen molar-refractivity contribution in [1.82, 2.24) is 9.80 Å². The van der Waals surface area contributed by atoms with Gasteiger partial charge >= 0.3 is 6.09 Å². The van der Waals surface area contributed by atoms with Gasteiger partial charge < -0.3 is 9.64 Å². The Morgan fingerprint density at radius 3 is 2.58 bits per heavy atom. The number of rotatable bonds is 8. The van der Waals surface area contributed by atoms with Crippen LogP contribution in [0.25, 0.3) is 6.08 Å². The zero-order chi connectivity index (χ0) is 25.7. The number of nitrogens with one attached hydrogen (secondary N) is 1. The Labute approximate surface area is 209 Å². The highest BCUT2D eigenvalue weighted by molar-refractivity contribution is 7.92. The monoisotopic (exact) mass is 509 g/mol. The van der Waals surface area contributed by atoms with Gasteiger partial charge in [0.2, 0.25) is 21.5 Å². The van der Waals surface area contributed by atoms with Gasteiger partial charge in [0.25, 0.3) is 5.91 Å². The molecule has 1 saturated heterocycles. The number of hydrogen-bond donors (Lipinski definition) is 1. The number of sulfonamides is 1. The molecular formula is C26H27N3O6S. The topological polar surface area (TPSA) is 113 Å². The van der Waals surface area contributed by atoms with Gasteiger partial charge in [0.05, 0.1) is 6.26 Å². The molecule has 2 fully saturated rings. The highest BCUT2D eigenvalue weighted by Gasteiger charge is 2.56. The molecule has 1 N–H and O–H groups in total. The minimum Gasteiger partial charge on any atom is -0.423 e. The Morgan fingerprint density at radius 1 is 1.19 bits per heavy atom. The highest BCUT2D eigenvalue weighted by atomic mass is 32.2. The number of fused-ring (bicyclic) bond motifs is 2. The van der Waals surface area contributed by atoms with Crippen molar-refractivity contribution < 1.29 is 27.5 Å². The molecule has 0 radical (unpaired) electrons. The standard InChI is InChI=1S/C26H27N3O6S/c1-17(19-8-9-19)28(15-18-6-4-3-5-7-18)23(30)16-29-24(31)26(35-25(29)32)13-12-20-14-21(10-11-22(20)26)27-36(2,33)34/h3-7,10-14,17,19,27H,8-9,15-16H2,1-2H3/t17-,26?/m0/s1. The second kappa shape index (κ2) is 8.77. The first-order valence-electron chi connectivity index (χ1n) is 11.8. The van der Waals surface area contributed by atoms with Crippen LogP contribution in [0.15, 0.2) is 54.6 Å². The van der Waals surface area contributed by atoms with Gasteiger partial charge in [-0.3, -0.25) is 14.3 Å². The van der Waals surface area contributed by atoms with Gasteiger partial charge in [-0.1, -0.05) is 42.5 Å². The first kappa shape index (κ1) is 24.1. The van der Waals surface area contributed by atoms with Crippen molar-refractivity contribution in [2.24, 2.45) is 5.92 Å². The molecule has 2 aromatic rings. The van der Waals surface area contributed by atoms with Gasteiger partial charge in [0, 0.05) is 23.8 Å².